The first-order valence-corrected chi connectivity index (χ1v) is 10.4. The highest BCUT2D eigenvalue weighted by molar-refractivity contribution is 5.81. The first-order chi connectivity index (χ1) is 14.7. The number of nitrogens with zero attached hydrogens (tertiary/aromatic N) is 3. The SMILES string of the molecule is Cc1ccccc1CNc1ccc2nc(C3CC3)n(Cc3cccnc3)c(=O)c2c1. The maximum Gasteiger partial charge on any atom is 0.261 e. The van der Waals surface area contributed by atoms with E-state index in [0.29, 0.717) is 17.8 Å². The fourth-order valence-electron chi connectivity index (χ4n) is 3.83. The normalized spacial score (nSPS) is 13.5. The van der Waals surface area contributed by atoms with Crippen molar-refractivity contribution in [3.63, 3.8) is 0 Å². The predicted molar refractivity (Wildman–Crippen MR) is 120 cm³/mol. The Labute approximate surface area is 175 Å². The second-order valence-corrected chi connectivity index (χ2v) is 8.01. The van der Waals surface area contributed by atoms with Crippen LogP contribution < -0.4 is 10.9 Å². The molecule has 0 aliphatic heterocycles. The molecule has 1 fully saturated rings. The van der Waals surface area contributed by atoms with Gasteiger partial charge < -0.3 is 5.32 Å². The lowest BCUT2D eigenvalue weighted by Gasteiger charge is -2.14. The average Bonchev–Trinajstić information content (AvgIpc) is 3.61. The Hall–Kier alpha value is -3.47. The van der Waals surface area contributed by atoms with E-state index in [1.54, 1.807) is 6.20 Å². The van der Waals surface area contributed by atoms with Gasteiger partial charge in [-0.1, -0.05) is 30.3 Å². The minimum atomic E-state index is 0.0188. The smallest absolute Gasteiger partial charge is 0.261 e. The summed E-state index contributed by atoms with van der Waals surface area (Å²) in [4.78, 5) is 22.5. The highest BCUT2D eigenvalue weighted by Gasteiger charge is 2.29. The summed E-state index contributed by atoms with van der Waals surface area (Å²) in [6.45, 7) is 3.33. The van der Waals surface area contributed by atoms with Crippen LogP contribution in [0.5, 0.6) is 0 Å². The van der Waals surface area contributed by atoms with Gasteiger partial charge in [0.15, 0.2) is 0 Å². The van der Waals surface area contributed by atoms with Gasteiger partial charge in [-0.3, -0.25) is 14.3 Å². The maximum atomic E-state index is 13.4. The number of nitrogens with one attached hydrogen (secondary N) is 1. The summed E-state index contributed by atoms with van der Waals surface area (Å²) < 4.78 is 1.84. The van der Waals surface area contributed by atoms with Crippen LogP contribution in [0.3, 0.4) is 0 Å². The van der Waals surface area contributed by atoms with Gasteiger partial charge in [0.2, 0.25) is 0 Å². The van der Waals surface area contributed by atoms with E-state index in [1.165, 1.54) is 11.1 Å². The van der Waals surface area contributed by atoms with Crippen LogP contribution in [0.25, 0.3) is 10.9 Å². The van der Waals surface area contributed by atoms with Crippen molar-refractivity contribution in [3.05, 3.63) is 99.9 Å². The molecule has 0 saturated heterocycles. The van der Waals surface area contributed by atoms with Crippen molar-refractivity contribution in [2.45, 2.75) is 38.8 Å². The summed E-state index contributed by atoms with van der Waals surface area (Å²) in [5.41, 5.74) is 5.22. The molecule has 0 spiro atoms. The summed E-state index contributed by atoms with van der Waals surface area (Å²) in [6, 6.07) is 18.1. The molecule has 0 amide bonds. The van der Waals surface area contributed by atoms with E-state index in [0.717, 1.165) is 42.0 Å². The van der Waals surface area contributed by atoms with Gasteiger partial charge in [0, 0.05) is 30.5 Å². The molecule has 5 heteroatoms. The van der Waals surface area contributed by atoms with Crippen molar-refractivity contribution < 1.29 is 0 Å². The molecule has 1 aliphatic rings. The Morgan fingerprint density at radius 1 is 1.10 bits per heavy atom. The highest BCUT2D eigenvalue weighted by Crippen LogP contribution is 2.39. The molecule has 5 nitrogen and oxygen atoms in total. The number of hydrogen-bond donors (Lipinski definition) is 1. The minimum absolute atomic E-state index is 0.0188. The number of benzene rings is 2. The molecule has 150 valence electrons. The van der Waals surface area contributed by atoms with Crippen LogP contribution in [0.2, 0.25) is 0 Å². The molecule has 2 aromatic carbocycles. The second kappa shape index (κ2) is 7.75. The van der Waals surface area contributed by atoms with E-state index >= 15 is 0 Å². The van der Waals surface area contributed by atoms with E-state index in [1.807, 2.05) is 53.2 Å². The number of anilines is 1. The standard InChI is InChI=1S/C25H24N4O/c1-17-5-2-3-7-20(17)15-27-21-10-11-23-22(13-21)25(30)29(24(28-23)19-8-9-19)16-18-6-4-12-26-14-18/h2-7,10-14,19,27H,8-9,15-16H2,1H3. The Bertz CT molecular complexity index is 1260. The van der Waals surface area contributed by atoms with Crippen molar-refractivity contribution >= 4 is 16.6 Å². The average molecular weight is 396 g/mol. The molecular formula is C25H24N4O. The topological polar surface area (TPSA) is 59.8 Å². The van der Waals surface area contributed by atoms with Crippen LogP contribution in [0, 0.1) is 6.92 Å². The molecule has 30 heavy (non-hydrogen) atoms. The molecule has 5 rings (SSSR count). The number of pyridine rings is 1. The van der Waals surface area contributed by atoms with Crippen LogP contribution in [-0.2, 0) is 13.1 Å². The summed E-state index contributed by atoms with van der Waals surface area (Å²) in [6.07, 6.45) is 5.76. The van der Waals surface area contributed by atoms with Crippen molar-refractivity contribution in [1.82, 2.24) is 14.5 Å². The van der Waals surface area contributed by atoms with Gasteiger partial charge in [-0.2, -0.15) is 0 Å². The predicted octanol–water partition coefficient (Wildman–Crippen LogP) is 4.64. The van der Waals surface area contributed by atoms with Gasteiger partial charge in [-0.25, -0.2) is 4.98 Å². The largest absolute Gasteiger partial charge is 0.381 e. The summed E-state index contributed by atoms with van der Waals surface area (Å²) in [5, 5.41) is 4.11. The molecule has 0 atom stereocenters. The summed E-state index contributed by atoms with van der Waals surface area (Å²) >= 11 is 0. The quantitative estimate of drug-likeness (QED) is 0.516. The third-order valence-corrected chi connectivity index (χ3v) is 5.73. The van der Waals surface area contributed by atoms with E-state index in [2.05, 4.69) is 29.4 Å². The number of aromatic nitrogens is 3. The zero-order chi connectivity index (χ0) is 20.5. The van der Waals surface area contributed by atoms with Crippen molar-refractivity contribution in [2.24, 2.45) is 0 Å². The summed E-state index contributed by atoms with van der Waals surface area (Å²) in [7, 11) is 0. The zero-order valence-corrected chi connectivity index (χ0v) is 17.0. The van der Waals surface area contributed by atoms with Gasteiger partial charge in [-0.15, -0.1) is 0 Å². The molecular weight excluding hydrogens is 372 g/mol. The molecule has 1 aliphatic carbocycles. The van der Waals surface area contributed by atoms with E-state index < -0.39 is 0 Å². The molecule has 1 saturated carbocycles. The van der Waals surface area contributed by atoms with Crippen molar-refractivity contribution in [1.29, 1.82) is 0 Å². The Kier molecular flexibility index (Phi) is 4.79. The van der Waals surface area contributed by atoms with Crippen LogP contribution in [0.15, 0.2) is 71.8 Å². The van der Waals surface area contributed by atoms with Crippen LogP contribution in [0.1, 0.15) is 41.3 Å². The van der Waals surface area contributed by atoms with E-state index in [9.17, 15) is 4.79 Å². The van der Waals surface area contributed by atoms with Gasteiger partial charge in [-0.05, 0) is 60.7 Å². The molecule has 0 unspecified atom stereocenters. The lowest BCUT2D eigenvalue weighted by atomic mass is 10.1. The van der Waals surface area contributed by atoms with Crippen molar-refractivity contribution in [3.8, 4) is 0 Å². The lowest BCUT2D eigenvalue weighted by molar-refractivity contribution is 0.679. The van der Waals surface area contributed by atoms with E-state index in [-0.39, 0.29) is 5.56 Å². The van der Waals surface area contributed by atoms with Gasteiger partial charge >= 0.3 is 0 Å². The van der Waals surface area contributed by atoms with Gasteiger partial charge in [0.1, 0.15) is 5.82 Å². The first kappa shape index (κ1) is 18.6. The fourth-order valence-corrected chi connectivity index (χ4v) is 3.83. The van der Waals surface area contributed by atoms with E-state index in [4.69, 9.17) is 4.98 Å². The number of fused-ring (bicyclic) bond motifs is 1. The minimum Gasteiger partial charge on any atom is -0.381 e. The van der Waals surface area contributed by atoms with Gasteiger partial charge in [0.05, 0.1) is 17.4 Å². The summed E-state index contributed by atoms with van der Waals surface area (Å²) in [5.74, 6) is 1.29. The van der Waals surface area contributed by atoms with Gasteiger partial charge in [0.25, 0.3) is 5.56 Å². The zero-order valence-electron chi connectivity index (χ0n) is 17.0. The number of hydrogen-bond acceptors (Lipinski definition) is 4. The van der Waals surface area contributed by atoms with Crippen LogP contribution in [-0.4, -0.2) is 14.5 Å². The first-order valence-electron chi connectivity index (χ1n) is 10.4. The molecule has 1 N–H and O–H groups in total. The Balaban J connectivity index is 1.51. The maximum absolute atomic E-state index is 13.4. The Morgan fingerprint density at radius 2 is 1.97 bits per heavy atom. The molecule has 4 aromatic rings. The Morgan fingerprint density at radius 3 is 2.73 bits per heavy atom. The lowest BCUT2D eigenvalue weighted by Crippen LogP contribution is -2.26. The third kappa shape index (κ3) is 3.71. The fraction of sp³-hybridized carbons (Fsp3) is 0.240. The molecule has 2 aromatic heterocycles. The molecule has 0 radical (unpaired) electrons. The number of aryl methyl sites for hydroxylation is 1. The highest BCUT2D eigenvalue weighted by atomic mass is 16.1. The monoisotopic (exact) mass is 396 g/mol. The second-order valence-electron chi connectivity index (χ2n) is 8.01. The number of rotatable bonds is 6. The van der Waals surface area contributed by atoms with Crippen LogP contribution in [0.4, 0.5) is 5.69 Å². The molecule has 0 bridgehead atoms. The molecule has 2 heterocycles. The van der Waals surface area contributed by atoms with Crippen molar-refractivity contribution in [2.75, 3.05) is 5.32 Å². The van der Waals surface area contributed by atoms with Crippen LogP contribution >= 0.6 is 0 Å². The third-order valence-electron chi connectivity index (χ3n) is 5.73.